The number of rotatable bonds is 3. The SMILES string of the molecule is C=N/N=C\C(C)C(C)C. The highest BCUT2D eigenvalue weighted by atomic mass is 15.2. The van der Waals surface area contributed by atoms with Crippen molar-refractivity contribution in [2.45, 2.75) is 20.8 Å². The molecule has 2 nitrogen and oxygen atoms in total. The summed E-state index contributed by atoms with van der Waals surface area (Å²) >= 11 is 0. The molecule has 0 rings (SSSR count). The number of nitrogens with zero attached hydrogens (tertiary/aromatic N) is 2. The molecule has 0 spiro atoms. The molecule has 0 saturated heterocycles. The van der Waals surface area contributed by atoms with Crippen LogP contribution in [-0.2, 0) is 0 Å². The minimum absolute atomic E-state index is 0.496. The fraction of sp³-hybridized carbons (Fsp3) is 0.714. The molecule has 0 aliphatic rings. The molecule has 0 aromatic rings. The molecule has 0 aliphatic heterocycles. The predicted octanol–water partition coefficient (Wildman–Crippen LogP) is 1.96. The van der Waals surface area contributed by atoms with Gasteiger partial charge < -0.3 is 0 Å². The second-order valence-electron chi connectivity index (χ2n) is 2.51. The van der Waals surface area contributed by atoms with E-state index in [4.69, 9.17) is 0 Å². The topological polar surface area (TPSA) is 24.7 Å². The second-order valence-corrected chi connectivity index (χ2v) is 2.51. The van der Waals surface area contributed by atoms with Crippen LogP contribution in [0.25, 0.3) is 0 Å². The first-order valence-electron chi connectivity index (χ1n) is 3.17. The van der Waals surface area contributed by atoms with E-state index >= 15 is 0 Å². The molecule has 0 aliphatic carbocycles. The van der Waals surface area contributed by atoms with Crippen LogP contribution in [0.5, 0.6) is 0 Å². The van der Waals surface area contributed by atoms with Crippen LogP contribution in [0.15, 0.2) is 10.2 Å². The summed E-state index contributed by atoms with van der Waals surface area (Å²) in [7, 11) is 0. The van der Waals surface area contributed by atoms with E-state index in [1.54, 1.807) is 0 Å². The van der Waals surface area contributed by atoms with Gasteiger partial charge in [-0.05, 0) is 11.8 Å². The van der Waals surface area contributed by atoms with Gasteiger partial charge >= 0.3 is 0 Å². The lowest BCUT2D eigenvalue weighted by molar-refractivity contribution is 0.540. The lowest BCUT2D eigenvalue weighted by Gasteiger charge is -2.06. The monoisotopic (exact) mass is 126 g/mol. The summed E-state index contributed by atoms with van der Waals surface area (Å²) in [6.45, 7) is 9.66. The molecule has 0 aromatic carbocycles. The molecule has 0 bridgehead atoms. The molecule has 1 unspecified atom stereocenters. The molecule has 0 fully saturated rings. The molecule has 0 amide bonds. The molecule has 0 saturated carbocycles. The summed E-state index contributed by atoms with van der Waals surface area (Å²) in [5, 5.41) is 7.06. The van der Waals surface area contributed by atoms with Gasteiger partial charge in [0.15, 0.2) is 0 Å². The molecule has 0 aromatic heterocycles. The zero-order valence-electron chi connectivity index (χ0n) is 6.33. The Hall–Kier alpha value is -0.660. The van der Waals surface area contributed by atoms with Crippen LogP contribution in [0.2, 0.25) is 0 Å². The van der Waals surface area contributed by atoms with Gasteiger partial charge in [-0.3, -0.25) is 0 Å². The van der Waals surface area contributed by atoms with E-state index in [1.807, 2.05) is 6.21 Å². The Morgan fingerprint density at radius 1 is 1.33 bits per heavy atom. The minimum Gasteiger partial charge on any atom is -0.167 e. The van der Waals surface area contributed by atoms with Crippen LogP contribution in [-0.4, -0.2) is 12.9 Å². The van der Waals surface area contributed by atoms with Crippen LogP contribution < -0.4 is 0 Å². The van der Waals surface area contributed by atoms with Crippen molar-refractivity contribution in [2.75, 3.05) is 0 Å². The first-order chi connectivity index (χ1) is 4.18. The molecule has 52 valence electrons. The summed E-state index contributed by atoms with van der Waals surface area (Å²) in [5.41, 5.74) is 0. The fourth-order valence-corrected chi connectivity index (χ4v) is 0.324. The van der Waals surface area contributed by atoms with Crippen molar-refractivity contribution in [1.29, 1.82) is 0 Å². The van der Waals surface area contributed by atoms with Crippen LogP contribution >= 0.6 is 0 Å². The summed E-state index contributed by atoms with van der Waals surface area (Å²) in [6.07, 6.45) is 1.82. The van der Waals surface area contributed by atoms with Crippen molar-refractivity contribution >= 4 is 12.9 Å². The van der Waals surface area contributed by atoms with Crippen LogP contribution in [0.3, 0.4) is 0 Å². The van der Waals surface area contributed by atoms with Gasteiger partial charge in [0.25, 0.3) is 0 Å². The van der Waals surface area contributed by atoms with E-state index in [9.17, 15) is 0 Å². The lowest BCUT2D eigenvalue weighted by Crippen LogP contribution is -2.03. The van der Waals surface area contributed by atoms with Crippen molar-refractivity contribution < 1.29 is 0 Å². The van der Waals surface area contributed by atoms with E-state index in [0.29, 0.717) is 11.8 Å². The smallest absolute Gasteiger partial charge is 0.0300 e. The summed E-state index contributed by atoms with van der Waals surface area (Å²) in [4.78, 5) is 0. The van der Waals surface area contributed by atoms with Crippen LogP contribution in [0.4, 0.5) is 0 Å². The number of hydrogen-bond donors (Lipinski definition) is 0. The van der Waals surface area contributed by atoms with E-state index in [1.165, 1.54) is 0 Å². The Morgan fingerprint density at radius 3 is 2.22 bits per heavy atom. The Morgan fingerprint density at radius 2 is 1.89 bits per heavy atom. The van der Waals surface area contributed by atoms with Gasteiger partial charge in [-0.25, -0.2) is 0 Å². The quantitative estimate of drug-likeness (QED) is 0.408. The Bertz CT molecular complexity index is 105. The second kappa shape index (κ2) is 4.24. The average molecular weight is 126 g/mol. The third kappa shape index (κ3) is 3.88. The third-order valence-electron chi connectivity index (χ3n) is 1.44. The standard InChI is InChI=1S/C7H14N2/c1-6(2)7(3)5-9-8-4/h5-7H,4H2,1-3H3/b9-5-. The molecule has 2 heteroatoms. The summed E-state index contributed by atoms with van der Waals surface area (Å²) in [5.74, 6) is 1.13. The van der Waals surface area contributed by atoms with Crippen molar-refractivity contribution in [1.82, 2.24) is 0 Å². The molecule has 1 atom stereocenters. The van der Waals surface area contributed by atoms with E-state index in [-0.39, 0.29) is 0 Å². The largest absolute Gasteiger partial charge is 0.167 e. The van der Waals surface area contributed by atoms with Gasteiger partial charge in [0.05, 0.1) is 0 Å². The van der Waals surface area contributed by atoms with Gasteiger partial charge in [-0.1, -0.05) is 20.8 Å². The normalized spacial score (nSPS) is 14.7. The van der Waals surface area contributed by atoms with Gasteiger partial charge in [0.1, 0.15) is 0 Å². The van der Waals surface area contributed by atoms with Crippen molar-refractivity contribution in [3.8, 4) is 0 Å². The first kappa shape index (κ1) is 8.34. The first-order valence-corrected chi connectivity index (χ1v) is 3.17. The highest BCUT2D eigenvalue weighted by Gasteiger charge is 2.01. The molecule has 0 N–H and O–H groups in total. The molecule has 9 heavy (non-hydrogen) atoms. The summed E-state index contributed by atoms with van der Waals surface area (Å²) < 4.78 is 0. The Balaban J connectivity index is 3.61. The van der Waals surface area contributed by atoms with Crippen LogP contribution in [0.1, 0.15) is 20.8 Å². The number of hydrogen-bond acceptors (Lipinski definition) is 2. The fourth-order valence-electron chi connectivity index (χ4n) is 0.324. The molecule has 0 radical (unpaired) electrons. The maximum Gasteiger partial charge on any atom is 0.0300 e. The Kier molecular flexibility index (Phi) is 3.93. The zero-order chi connectivity index (χ0) is 7.28. The average Bonchev–Trinajstić information content (AvgIpc) is 1.82. The van der Waals surface area contributed by atoms with Gasteiger partial charge in [-0.15, -0.1) is 0 Å². The summed E-state index contributed by atoms with van der Waals surface area (Å²) in [6, 6.07) is 0. The van der Waals surface area contributed by atoms with E-state index < -0.39 is 0 Å². The van der Waals surface area contributed by atoms with Crippen molar-refractivity contribution in [3.05, 3.63) is 0 Å². The molecular formula is C7H14N2. The minimum atomic E-state index is 0.496. The van der Waals surface area contributed by atoms with E-state index in [0.717, 1.165) is 0 Å². The highest BCUT2D eigenvalue weighted by molar-refractivity contribution is 5.60. The predicted molar refractivity (Wildman–Crippen MR) is 42.0 cm³/mol. The van der Waals surface area contributed by atoms with Crippen molar-refractivity contribution in [2.24, 2.45) is 22.0 Å². The lowest BCUT2D eigenvalue weighted by atomic mass is 10.0. The third-order valence-corrected chi connectivity index (χ3v) is 1.44. The molecule has 0 heterocycles. The maximum atomic E-state index is 3.68. The Labute approximate surface area is 56.7 Å². The van der Waals surface area contributed by atoms with Gasteiger partial charge in [-0.2, -0.15) is 10.2 Å². The highest BCUT2D eigenvalue weighted by Crippen LogP contribution is 2.05. The van der Waals surface area contributed by atoms with Gasteiger partial charge in [0, 0.05) is 12.9 Å². The molecular weight excluding hydrogens is 112 g/mol. The van der Waals surface area contributed by atoms with Crippen LogP contribution in [0, 0.1) is 11.8 Å². The van der Waals surface area contributed by atoms with E-state index in [2.05, 4.69) is 37.7 Å². The maximum absolute atomic E-state index is 3.68. The zero-order valence-corrected chi connectivity index (χ0v) is 6.33. The van der Waals surface area contributed by atoms with Gasteiger partial charge in [0.2, 0.25) is 0 Å². The van der Waals surface area contributed by atoms with Crippen molar-refractivity contribution in [3.63, 3.8) is 0 Å².